The third kappa shape index (κ3) is 23.0. The number of ether oxygens (including phenoxy) is 1. The van der Waals surface area contributed by atoms with Gasteiger partial charge in [0.25, 0.3) is 0 Å². The van der Waals surface area contributed by atoms with E-state index >= 15 is 0 Å². The Morgan fingerprint density at radius 2 is 0.889 bits per heavy atom. The number of esters is 1. The van der Waals surface area contributed by atoms with Gasteiger partial charge in [-0.2, -0.15) is 0 Å². The van der Waals surface area contributed by atoms with Crippen LogP contribution >= 0.6 is 11.8 Å². The maximum Gasteiger partial charge on any atom is 0.319 e. The topological polar surface area (TPSA) is 26.3 Å². The molecule has 36 heavy (non-hydrogen) atoms. The lowest BCUT2D eigenvalue weighted by Crippen LogP contribution is -2.17. The van der Waals surface area contributed by atoms with Gasteiger partial charge in [-0.25, -0.2) is 0 Å². The Morgan fingerprint density at radius 1 is 0.556 bits per heavy atom. The van der Waals surface area contributed by atoms with Crippen molar-refractivity contribution in [2.75, 3.05) is 12.4 Å². The number of hydrogen-bond donors (Lipinski definition) is 0. The van der Waals surface area contributed by atoms with E-state index in [0.29, 0.717) is 6.61 Å². The van der Waals surface area contributed by atoms with Crippen LogP contribution in [0.2, 0.25) is 0 Å². The standard InChI is InChI=1S/C33H64O2S/c1-2-3-4-5-6-7-8-9-10-11-12-13-14-15-16-17-18-19-20-21-22-23-24-25-26-27-30-35-33(34)32-29-28-31-36-32/h32H,2-31H2,1H3. The van der Waals surface area contributed by atoms with Gasteiger partial charge in [-0.1, -0.05) is 167 Å². The summed E-state index contributed by atoms with van der Waals surface area (Å²) in [5.41, 5.74) is 0. The van der Waals surface area contributed by atoms with E-state index in [1.807, 2.05) is 0 Å². The molecule has 1 unspecified atom stereocenters. The summed E-state index contributed by atoms with van der Waals surface area (Å²) in [7, 11) is 0. The fourth-order valence-corrected chi connectivity index (χ4v) is 6.60. The number of hydrogen-bond acceptors (Lipinski definition) is 3. The lowest BCUT2D eigenvalue weighted by atomic mass is 10.0. The number of rotatable bonds is 28. The number of thioether (sulfide) groups is 1. The van der Waals surface area contributed by atoms with Crippen LogP contribution in [0.5, 0.6) is 0 Å². The first-order valence-electron chi connectivity index (χ1n) is 16.6. The Hall–Kier alpha value is -0.180. The molecule has 1 saturated heterocycles. The highest BCUT2D eigenvalue weighted by Gasteiger charge is 2.24. The van der Waals surface area contributed by atoms with E-state index in [-0.39, 0.29) is 11.2 Å². The third-order valence-corrected chi connectivity index (χ3v) is 9.29. The zero-order chi connectivity index (χ0) is 25.8. The first-order chi connectivity index (χ1) is 17.8. The molecule has 2 nitrogen and oxygen atoms in total. The molecule has 3 heteroatoms. The summed E-state index contributed by atoms with van der Waals surface area (Å²) in [6.45, 7) is 2.93. The van der Waals surface area contributed by atoms with Crippen molar-refractivity contribution in [3.8, 4) is 0 Å². The lowest BCUT2D eigenvalue weighted by Gasteiger charge is -2.09. The van der Waals surface area contributed by atoms with Gasteiger partial charge in [0.15, 0.2) is 0 Å². The van der Waals surface area contributed by atoms with Gasteiger partial charge in [0, 0.05) is 0 Å². The van der Waals surface area contributed by atoms with Crippen LogP contribution < -0.4 is 0 Å². The lowest BCUT2D eigenvalue weighted by molar-refractivity contribution is -0.143. The van der Waals surface area contributed by atoms with Crippen molar-refractivity contribution in [2.45, 2.75) is 192 Å². The van der Waals surface area contributed by atoms with Crippen LogP contribution in [0.25, 0.3) is 0 Å². The van der Waals surface area contributed by atoms with Crippen molar-refractivity contribution in [3.63, 3.8) is 0 Å². The quantitative estimate of drug-likeness (QED) is 0.0751. The van der Waals surface area contributed by atoms with E-state index in [4.69, 9.17) is 4.74 Å². The van der Waals surface area contributed by atoms with Crippen LogP contribution in [0, 0.1) is 0 Å². The fraction of sp³-hybridized carbons (Fsp3) is 0.970. The van der Waals surface area contributed by atoms with Gasteiger partial charge >= 0.3 is 5.97 Å². The maximum atomic E-state index is 11.8. The largest absolute Gasteiger partial charge is 0.465 e. The normalized spacial score (nSPS) is 15.5. The fourth-order valence-electron chi connectivity index (χ4n) is 5.45. The monoisotopic (exact) mass is 524 g/mol. The average Bonchev–Trinajstić information content (AvgIpc) is 3.43. The van der Waals surface area contributed by atoms with Crippen LogP contribution in [0.15, 0.2) is 0 Å². The minimum Gasteiger partial charge on any atom is -0.465 e. The van der Waals surface area contributed by atoms with E-state index < -0.39 is 0 Å². The molecule has 0 N–H and O–H groups in total. The Labute approximate surface area is 231 Å². The molecule has 1 aliphatic rings. The molecule has 0 amide bonds. The molecule has 0 bridgehead atoms. The third-order valence-electron chi connectivity index (χ3n) is 7.93. The molecule has 0 aromatic rings. The van der Waals surface area contributed by atoms with Crippen molar-refractivity contribution < 1.29 is 9.53 Å². The zero-order valence-corrected chi connectivity index (χ0v) is 25.3. The van der Waals surface area contributed by atoms with Gasteiger partial charge in [0.05, 0.1) is 6.61 Å². The highest BCUT2D eigenvalue weighted by Crippen LogP contribution is 2.27. The molecule has 0 spiro atoms. The highest BCUT2D eigenvalue weighted by atomic mass is 32.2. The molecule has 0 aliphatic carbocycles. The molecule has 1 heterocycles. The van der Waals surface area contributed by atoms with Crippen molar-refractivity contribution in [1.29, 1.82) is 0 Å². The first-order valence-corrected chi connectivity index (χ1v) is 17.7. The number of carbonyl (C=O) groups excluding carboxylic acids is 1. The summed E-state index contributed by atoms with van der Waals surface area (Å²) < 4.78 is 5.42. The highest BCUT2D eigenvalue weighted by molar-refractivity contribution is 8.00. The Morgan fingerprint density at radius 3 is 1.19 bits per heavy atom. The Balaban J connectivity index is 1.63. The Kier molecular flexibility index (Phi) is 26.2. The SMILES string of the molecule is CCCCCCCCCCCCCCCCCCCCCCCCCCCCOC(=O)C1CCCS1. The minimum atomic E-state index is 0.0390. The summed E-state index contributed by atoms with van der Waals surface area (Å²) in [4.78, 5) is 11.8. The van der Waals surface area contributed by atoms with E-state index in [9.17, 15) is 4.79 Å². The molecule has 0 aromatic carbocycles. The van der Waals surface area contributed by atoms with E-state index in [1.54, 1.807) is 11.8 Å². The molecular weight excluding hydrogens is 460 g/mol. The molecule has 1 fully saturated rings. The molecule has 0 radical (unpaired) electrons. The van der Waals surface area contributed by atoms with Crippen molar-refractivity contribution in [2.24, 2.45) is 0 Å². The molecule has 214 valence electrons. The van der Waals surface area contributed by atoms with Crippen molar-refractivity contribution in [1.82, 2.24) is 0 Å². The van der Waals surface area contributed by atoms with Gasteiger partial charge in [-0.15, -0.1) is 11.8 Å². The zero-order valence-electron chi connectivity index (χ0n) is 24.5. The molecule has 1 atom stereocenters. The van der Waals surface area contributed by atoms with Gasteiger partial charge in [0.2, 0.25) is 0 Å². The van der Waals surface area contributed by atoms with Gasteiger partial charge in [-0.3, -0.25) is 4.79 Å². The predicted molar refractivity (Wildman–Crippen MR) is 162 cm³/mol. The van der Waals surface area contributed by atoms with E-state index in [2.05, 4.69) is 6.92 Å². The maximum absolute atomic E-state index is 11.8. The summed E-state index contributed by atoms with van der Waals surface area (Å²) in [6, 6.07) is 0. The summed E-state index contributed by atoms with van der Waals surface area (Å²) >= 11 is 1.77. The van der Waals surface area contributed by atoms with Crippen LogP contribution in [0.4, 0.5) is 0 Å². The molecule has 0 aromatic heterocycles. The van der Waals surface area contributed by atoms with Gasteiger partial charge in [-0.05, 0) is 25.0 Å². The van der Waals surface area contributed by atoms with E-state index in [1.165, 1.54) is 167 Å². The second-order valence-electron chi connectivity index (χ2n) is 11.5. The number of unbranched alkanes of at least 4 members (excludes halogenated alkanes) is 25. The smallest absolute Gasteiger partial charge is 0.319 e. The second kappa shape index (κ2) is 27.8. The summed E-state index contributed by atoms with van der Waals surface area (Å²) in [6.07, 6.45) is 39.1. The van der Waals surface area contributed by atoms with Crippen LogP contribution in [-0.4, -0.2) is 23.6 Å². The molecule has 1 rings (SSSR count). The molecule has 0 saturated carbocycles. The first kappa shape index (κ1) is 33.8. The van der Waals surface area contributed by atoms with Crippen molar-refractivity contribution in [3.05, 3.63) is 0 Å². The summed E-state index contributed by atoms with van der Waals surface area (Å²) in [5, 5.41) is 0.133. The van der Waals surface area contributed by atoms with Crippen LogP contribution in [0.1, 0.15) is 187 Å². The second-order valence-corrected chi connectivity index (χ2v) is 12.8. The Bertz CT molecular complexity index is 447. The average molecular weight is 525 g/mol. The summed E-state index contributed by atoms with van der Waals surface area (Å²) in [5.74, 6) is 1.16. The molecular formula is C33H64O2S. The molecule has 1 aliphatic heterocycles. The van der Waals surface area contributed by atoms with Crippen molar-refractivity contribution >= 4 is 17.7 Å². The predicted octanol–water partition coefficient (Wildman–Crippen LogP) is 11.6. The van der Waals surface area contributed by atoms with Crippen LogP contribution in [0.3, 0.4) is 0 Å². The van der Waals surface area contributed by atoms with Crippen LogP contribution in [-0.2, 0) is 9.53 Å². The number of carbonyl (C=O) groups is 1. The van der Waals surface area contributed by atoms with Gasteiger partial charge < -0.3 is 4.74 Å². The van der Waals surface area contributed by atoms with Gasteiger partial charge in [0.1, 0.15) is 5.25 Å². The minimum absolute atomic E-state index is 0.0390. The van der Waals surface area contributed by atoms with E-state index in [0.717, 1.165) is 18.6 Å².